The molecule has 1 aliphatic carbocycles. The van der Waals surface area contributed by atoms with Crippen molar-refractivity contribution in [1.82, 2.24) is 9.80 Å². The highest BCUT2D eigenvalue weighted by Gasteiger charge is 2.46. The molecule has 1 saturated heterocycles. The van der Waals surface area contributed by atoms with E-state index in [-0.39, 0.29) is 23.5 Å². The second-order valence-electron chi connectivity index (χ2n) is 7.66. The standard InChI is InChI=1S/C23H25FN2O2/c24-21-9-5-4-8-18(21)10-11-22(27)25-12-14-26(15-13-25)23(28)20-16-19(20)17-6-2-1-3-7-17/h1-9,19-20H,10-16H2. The maximum absolute atomic E-state index is 13.7. The molecule has 2 unspecified atom stereocenters. The predicted molar refractivity (Wildman–Crippen MR) is 105 cm³/mol. The van der Waals surface area contributed by atoms with Crippen molar-refractivity contribution in [3.63, 3.8) is 0 Å². The summed E-state index contributed by atoms with van der Waals surface area (Å²) in [5, 5.41) is 0. The van der Waals surface area contributed by atoms with E-state index in [0.717, 1.165) is 6.42 Å². The first-order valence-electron chi connectivity index (χ1n) is 9.98. The van der Waals surface area contributed by atoms with Crippen LogP contribution in [0.15, 0.2) is 54.6 Å². The van der Waals surface area contributed by atoms with Crippen LogP contribution in [-0.2, 0) is 16.0 Å². The average Bonchev–Trinajstić information content (AvgIpc) is 3.54. The lowest BCUT2D eigenvalue weighted by Crippen LogP contribution is -2.51. The number of hydrogen-bond donors (Lipinski definition) is 0. The van der Waals surface area contributed by atoms with Gasteiger partial charge in [0.05, 0.1) is 0 Å². The fourth-order valence-corrected chi connectivity index (χ4v) is 4.05. The first-order valence-corrected chi connectivity index (χ1v) is 9.98. The number of amides is 2. The minimum absolute atomic E-state index is 0.0314. The van der Waals surface area contributed by atoms with E-state index in [1.165, 1.54) is 11.6 Å². The van der Waals surface area contributed by atoms with Crippen LogP contribution >= 0.6 is 0 Å². The van der Waals surface area contributed by atoms with Crippen LogP contribution in [0.4, 0.5) is 4.39 Å². The smallest absolute Gasteiger partial charge is 0.226 e. The molecule has 4 nitrogen and oxygen atoms in total. The van der Waals surface area contributed by atoms with E-state index in [1.807, 2.05) is 23.1 Å². The van der Waals surface area contributed by atoms with Crippen molar-refractivity contribution in [3.8, 4) is 0 Å². The summed E-state index contributed by atoms with van der Waals surface area (Å²) in [6, 6.07) is 16.8. The first kappa shape index (κ1) is 18.7. The monoisotopic (exact) mass is 380 g/mol. The summed E-state index contributed by atoms with van der Waals surface area (Å²) >= 11 is 0. The largest absolute Gasteiger partial charge is 0.339 e. The number of halogens is 1. The number of rotatable bonds is 5. The topological polar surface area (TPSA) is 40.6 Å². The number of benzene rings is 2. The van der Waals surface area contributed by atoms with Gasteiger partial charge in [0.2, 0.25) is 11.8 Å². The maximum Gasteiger partial charge on any atom is 0.226 e. The van der Waals surface area contributed by atoms with E-state index >= 15 is 0 Å². The van der Waals surface area contributed by atoms with Crippen LogP contribution in [0.5, 0.6) is 0 Å². The van der Waals surface area contributed by atoms with Gasteiger partial charge in [0.25, 0.3) is 0 Å². The molecule has 4 rings (SSSR count). The van der Waals surface area contributed by atoms with Gasteiger partial charge in [-0.3, -0.25) is 9.59 Å². The van der Waals surface area contributed by atoms with Crippen LogP contribution in [0.3, 0.4) is 0 Å². The van der Waals surface area contributed by atoms with Crippen LogP contribution in [0, 0.1) is 11.7 Å². The van der Waals surface area contributed by atoms with E-state index in [9.17, 15) is 14.0 Å². The lowest BCUT2D eigenvalue weighted by Gasteiger charge is -2.35. The van der Waals surface area contributed by atoms with E-state index in [2.05, 4.69) is 12.1 Å². The van der Waals surface area contributed by atoms with Gasteiger partial charge in [-0.25, -0.2) is 4.39 Å². The summed E-state index contributed by atoms with van der Waals surface area (Å²) in [7, 11) is 0. The van der Waals surface area contributed by atoms with Gasteiger partial charge in [-0.1, -0.05) is 48.5 Å². The fraction of sp³-hybridized carbons (Fsp3) is 0.391. The quantitative estimate of drug-likeness (QED) is 0.799. The number of piperazine rings is 1. The SMILES string of the molecule is O=C(CCc1ccccc1F)N1CCN(C(=O)C2CC2c2ccccc2)CC1. The van der Waals surface area contributed by atoms with Crippen molar-refractivity contribution >= 4 is 11.8 Å². The van der Waals surface area contributed by atoms with E-state index in [1.54, 1.807) is 23.1 Å². The third-order valence-corrected chi connectivity index (χ3v) is 5.85. The summed E-state index contributed by atoms with van der Waals surface area (Å²) in [5.41, 5.74) is 1.81. The first-order chi connectivity index (χ1) is 13.6. The summed E-state index contributed by atoms with van der Waals surface area (Å²) in [6.45, 7) is 2.29. The predicted octanol–water partition coefficient (Wildman–Crippen LogP) is 3.23. The molecule has 1 saturated carbocycles. The third-order valence-electron chi connectivity index (χ3n) is 5.85. The Balaban J connectivity index is 1.24. The molecule has 2 aromatic carbocycles. The summed E-state index contributed by atoms with van der Waals surface area (Å²) in [4.78, 5) is 28.9. The fourth-order valence-electron chi connectivity index (χ4n) is 4.05. The lowest BCUT2D eigenvalue weighted by atomic mass is 10.1. The molecule has 146 valence electrons. The number of carbonyl (C=O) groups is 2. The molecule has 2 fully saturated rings. The molecule has 2 aromatic rings. The molecule has 0 spiro atoms. The Bertz CT molecular complexity index is 847. The molecule has 0 N–H and O–H groups in total. The Morgan fingerprint density at radius 2 is 1.54 bits per heavy atom. The van der Waals surface area contributed by atoms with Gasteiger partial charge < -0.3 is 9.80 Å². The van der Waals surface area contributed by atoms with Crippen LogP contribution in [0.1, 0.15) is 29.9 Å². The van der Waals surface area contributed by atoms with Crippen molar-refractivity contribution in [3.05, 3.63) is 71.5 Å². The summed E-state index contributed by atoms with van der Waals surface area (Å²) < 4.78 is 13.7. The second kappa shape index (κ2) is 8.13. The van der Waals surface area contributed by atoms with E-state index in [0.29, 0.717) is 50.5 Å². The molecule has 28 heavy (non-hydrogen) atoms. The molecule has 1 aliphatic heterocycles. The van der Waals surface area contributed by atoms with Crippen molar-refractivity contribution in [1.29, 1.82) is 0 Å². The van der Waals surface area contributed by atoms with Gasteiger partial charge in [-0.15, -0.1) is 0 Å². The minimum atomic E-state index is -0.261. The Morgan fingerprint density at radius 1 is 0.893 bits per heavy atom. The van der Waals surface area contributed by atoms with Gasteiger partial charge in [0.1, 0.15) is 5.82 Å². The second-order valence-corrected chi connectivity index (χ2v) is 7.66. The highest BCUT2D eigenvalue weighted by molar-refractivity contribution is 5.83. The molecular formula is C23H25FN2O2. The molecule has 2 aliphatic rings. The summed E-state index contributed by atoms with van der Waals surface area (Å²) in [6.07, 6.45) is 1.63. The van der Waals surface area contributed by atoms with Crippen molar-refractivity contribution in [2.45, 2.75) is 25.2 Å². The van der Waals surface area contributed by atoms with E-state index in [4.69, 9.17) is 0 Å². The highest BCUT2D eigenvalue weighted by Crippen LogP contribution is 2.48. The number of aryl methyl sites for hydroxylation is 1. The van der Waals surface area contributed by atoms with Gasteiger partial charge in [-0.05, 0) is 36.0 Å². The highest BCUT2D eigenvalue weighted by atomic mass is 19.1. The number of carbonyl (C=O) groups excluding carboxylic acids is 2. The van der Waals surface area contributed by atoms with Crippen molar-refractivity contribution in [2.75, 3.05) is 26.2 Å². The van der Waals surface area contributed by atoms with Crippen LogP contribution in [-0.4, -0.2) is 47.8 Å². The Labute approximate surface area is 164 Å². The molecular weight excluding hydrogens is 355 g/mol. The maximum atomic E-state index is 13.7. The molecule has 1 heterocycles. The zero-order valence-electron chi connectivity index (χ0n) is 15.9. The number of hydrogen-bond acceptors (Lipinski definition) is 2. The van der Waals surface area contributed by atoms with E-state index < -0.39 is 0 Å². The molecule has 2 amide bonds. The van der Waals surface area contributed by atoms with Crippen LogP contribution in [0.25, 0.3) is 0 Å². The third kappa shape index (κ3) is 4.08. The Kier molecular flexibility index (Phi) is 5.42. The number of nitrogens with zero attached hydrogens (tertiary/aromatic N) is 2. The van der Waals surface area contributed by atoms with Crippen LogP contribution in [0.2, 0.25) is 0 Å². The molecule has 0 bridgehead atoms. The van der Waals surface area contributed by atoms with Gasteiger partial charge in [0.15, 0.2) is 0 Å². The Hall–Kier alpha value is -2.69. The lowest BCUT2D eigenvalue weighted by molar-refractivity contribution is -0.140. The molecule has 0 aromatic heterocycles. The Morgan fingerprint density at radius 3 is 2.25 bits per heavy atom. The van der Waals surface area contributed by atoms with Gasteiger partial charge >= 0.3 is 0 Å². The molecule has 2 atom stereocenters. The summed E-state index contributed by atoms with van der Waals surface area (Å²) in [5.74, 6) is 0.416. The van der Waals surface area contributed by atoms with Crippen molar-refractivity contribution in [2.24, 2.45) is 5.92 Å². The average molecular weight is 380 g/mol. The zero-order chi connectivity index (χ0) is 19.5. The minimum Gasteiger partial charge on any atom is -0.339 e. The molecule has 5 heteroatoms. The molecule has 0 radical (unpaired) electrons. The van der Waals surface area contributed by atoms with Crippen molar-refractivity contribution < 1.29 is 14.0 Å². The van der Waals surface area contributed by atoms with Gasteiger partial charge in [-0.2, -0.15) is 0 Å². The zero-order valence-corrected chi connectivity index (χ0v) is 15.9. The normalized spacial score (nSPS) is 21.5. The van der Waals surface area contributed by atoms with Gasteiger partial charge in [0, 0.05) is 38.5 Å². The van der Waals surface area contributed by atoms with Crippen LogP contribution < -0.4 is 0 Å².